The molecule has 0 atom stereocenters. The summed E-state index contributed by atoms with van der Waals surface area (Å²) in [6.07, 6.45) is -4.74. The van der Waals surface area contributed by atoms with Crippen LogP contribution in [0.4, 0.5) is 17.6 Å². The molecule has 0 aliphatic heterocycles. The van der Waals surface area contributed by atoms with Crippen molar-refractivity contribution in [2.75, 3.05) is 0 Å². The largest absolute Gasteiger partial charge is 0.420 e. The zero-order valence-electron chi connectivity index (χ0n) is 5.92. The smallest absolute Gasteiger partial charge is 0.206 e. The Kier molecular flexibility index (Phi) is 3.06. The molecule has 0 saturated carbocycles. The second-order valence-corrected chi connectivity index (χ2v) is 3.90. The molecule has 0 amide bonds. The van der Waals surface area contributed by atoms with Crippen LogP contribution in [0, 0.1) is 9.39 Å². The topological polar surface area (TPSA) is 0 Å². The van der Waals surface area contributed by atoms with Crippen molar-refractivity contribution in [2.45, 2.75) is 6.18 Å². The lowest BCUT2D eigenvalue weighted by molar-refractivity contribution is -0.139. The predicted molar refractivity (Wildman–Crippen MR) is 49.1 cm³/mol. The summed E-state index contributed by atoms with van der Waals surface area (Å²) in [5, 5.41) is -0.614. The van der Waals surface area contributed by atoms with Gasteiger partial charge in [0.05, 0.1) is 5.02 Å². The van der Waals surface area contributed by atoms with E-state index in [-0.39, 0.29) is 0 Å². The lowest BCUT2D eigenvalue weighted by Crippen LogP contribution is -2.09. The number of rotatable bonds is 0. The monoisotopic (exact) mass is 324 g/mol. The summed E-state index contributed by atoms with van der Waals surface area (Å²) in [7, 11) is 0. The van der Waals surface area contributed by atoms with Crippen molar-refractivity contribution < 1.29 is 17.6 Å². The standard InChI is InChI=1S/C7H2ClF4I/c8-4-1-3(13)2-5(9)6(4)7(10,11)12/h1-2H. The molecule has 0 aliphatic carbocycles. The Morgan fingerprint density at radius 1 is 1.23 bits per heavy atom. The van der Waals surface area contributed by atoms with E-state index in [0.29, 0.717) is 3.57 Å². The van der Waals surface area contributed by atoms with Gasteiger partial charge in [0.1, 0.15) is 11.4 Å². The Balaban J connectivity index is 3.38. The van der Waals surface area contributed by atoms with Crippen molar-refractivity contribution in [2.24, 2.45) is 0 Å². The van der Waals surface area contributed by atoms with E-state index in [4.69, 9.17) is 11.6 Å². The van der Waals surface area contributed by atoms with Crippen molar-refractivity contribution in [3.05, 3.63) is 32.1 Å². The zero-order valence-corrected chi connectivity index (χ0v) is 8.84. The predicted octanol–water partition coefficient (Wildman–Crippen LogP) is 4.10. The molecule has 0 aromatic heterocycles. The third kappa shape index (κ3) is 2.46. The van der Waals surface area contributed by atoms with E-state index in [2.05, 4.69) is 0 Å². The summed E-state index contributed by atoms with van der Waals surface area (Å²) in [4.78, 5) is 0. The number of benzene rings is 1. The van der Waals surface area contributed by atoms with Crippen LogP contribution in [0.5, 0.6) is 0 Å². The van der Waals surface area contributed by atoms with Gasteiger partial charge in [-0.25, -0.2) is 4.39 Å². The number of alkyl halides is 3. The van der Waals surface area contributed by atoms with Crippen LogP contribution in [0.3, 0.4) is 0 Å². The van der Waals surface area contributed by atoms with Crippen LogP contribution in [-0.4, -0.2) is 0 Å². The number of hydrogen-bond donors (Lipinski definition) is 0. The molecule has 1 rings (SSSR count). The maximum absolute atomic E-state index is 12.8. The number of halogens is 6. The molecule has 0 bridgehead atoms. The quantitative estimate of drug-likeness (QED) is 0.498. The van der Waals surface area contributed by atoms with Gasteiger partial charge >= 0.3 is 6.18 Å². The van der Waals surface area contributed by atoms with Crippen LogP contribution < -0.4 is 0 Å². The zero-order chi connectivity index (χ0) is 10.2. The molecule has 0 saturated heterocycles. The lowest BCUT2D eigenvalue weighted by Gasteiger charge is -2.09. The molecule has 72 valence electrons. The molecule has 0 unspecified atom stereocenters. The highest BCUT2D eigenvalue weighted by molar-refractivity contribution is 14.1. The SMILES string of the molecule is Fc1cc(I)cc(Cl)c1C(F)(F)F. The molecule has 0 fully saturated rings. The Morgan fingerprint density at radius 2 is 1.77 bits per heavy atom. The van der Waals surface area contributed by atoms with Gasteiger partial charge in [0.15, 0.2) is 0 Å². The molecule has 0 radical (unpaired) electrons. The first-order chi connectivity index (χ1) is 5.82. The van der Waals surface area contributed by atoms with Gasteiger partial charge in [0.2, 0.25) is 0 Å². The highest BCUT2D eigenvalue weighted by Crippen LogP contribution is 2.37. The average molecular weight is 324 g/mol. The molecule has 1 aromatic carbocycles. The summed E-state index contributed by atoms with van der Waals surface area (Å²) in [5.41, 5.74) is -1.41. The van der Waals surface area contributed by atoms with Crippen LogP contribution in [-0.2, 0) is 6.18 Å². The first kappa shape index (κ1) is 11.0. The molecule has 0 aliphatic rings. The molecular formula is C7H2ClF4I. The van der Waals surface area contributed by atoms with Gasteiger partial charge in [-0.2, -0.15) is 13.2 Å². The molecule has 0 N–H and O–H groups in total. The van der Waals surface area contributed by atoms with E-state index in [1.54, 1.807) is 22.6 Å². The average Bonchev–Trinajstić information content (AvgIpc) is 1.78. The van der Waals surface area contributed by atoms with Crippen molar-refractivity contribution in [1.29, 1.82) is 0 Å². The Labute approximate surface area is 90.0 Å². The molecule has 0 heterocycles. The molecule has 13 heavy (non-hydrogen) atoms. The third-order valence-electron chi connectivity index (χ3n) is 1.29. The second-order valence-electron chi connectivity index (χ2n) is 2.24. The van der Waals surface area contributed by atoms with Gasteiger partial charge in [-0.1, -0.05) is 11.6 Å². The normalized spacial score (nSPS) is 11.8. The molecule has 0 nitrogen and oxygen atoms in total. The van der Waals surface area contributed by atoms with Gasteiger partial charge in [-0.05, 0) is 34.7 Å². The van der Waals surface area contributed by atoms with E-state index in [1.807, 2.05) is 0 Å². The highest BCUT2D eigenvalue weighted by Gasteiger charge is 2.36. The molecule has 0 spiro atoms. The van der Waals surface area contributed by atoms with Gasteiger partial charge in [-0.3, -0.25) is 0 Å². The summed E-state index contributed by atoms with van der Waals surface area (Å²) < 4.78 is 49.5. The summed E-state index contributed by atoms with van der Waals surface area (Å²) in [5.74, 6) is -1.34. The molecule has 1 aromatic rings. The minimum Gasteiger partial charge on any atom is -0.206 e. The van der Waals surface area contributed by atoms with E-state index in [9.17, 15) is 17.6 Å². The fraction of sp³-hybridized carbons (Fsp3) is 0.143. The fourth-order valence-electron chi connectivity index (χ4n) is 0.813. The fourth-order valence-corrected chi connectivity index (χ4v) is 1.90. The summed E-state index contributed by atoms with van der Waals surface area (Å²) in [6.45, 7) is 0. The second kappa shape index (κ2) is 3.61. The minimum absolute atomic E-state index is 0.327. The third-order valence-corrected chi connectivity index (χ3v) is 2.21. The van der Waals surface area contributed by atoms with Crippen LogP contribution in [0.15, 0.2) is 12.1 Å². The first-order valence-corrected chi connectivity index (χ1v) is 4.50. The van der Waals surface area contributed by atoms with Crippen molar-refractivity contribution in [1.82, 2.24) is 0 Å². The van der Waals surface area contributed by atoms with Crippen LogP contribution in [0.1, 0.15) is 5.56 Å². The van der Waals surface area contributed by atoms with Crippen LogP contribution >= 0.6 is 34.2 Å². The Hall–Kier alpha value is -0.0400. The maximum Gasteiger partial charge on any atom is 0.420 e. The van der Waals surface area contributed by atoms with E-state index >= 15 is 0 Å². The minimum atomic E-state index is -4.74. The van der Waals surface area contributed by atoms with E-state index in [1.165, 1.54) is 0 Å². The summed E-state index contributed by atoms with van der Waals surface area (Å²) >= 11 is 6.94. The highest BCUT2D eigenvalue weighted by atomic mass is 127. The Morgan fingerprint density at radius 3 is 2.15 bits per heavy atom. The van der Waals surface area contributed by atoms with Crippen molar-refractivity contribution in [3.8, 4) is 0 Å². The van der Waals surface area contributed by atoms with Crippen molar-refractivity contribution >= 4 is 34.2 Å². The first-order valence-electron chi connectivity index (χ1n) is 3.04. The molecular weight excluding hydrogens is 322 g/mol. The van der Waals surface area contributed by atoms with Crippen molar-refractivity contribution in [3.63, 3.8) is 0 Å². The van der Waals surface area contributed by atoms with Crippen LogP contribution in [0.25, 0.3) is 0 Å². The van der Waals surface area contributed by atoms with Gasteiger partial charge < -0.3 is 0 Å². The molecule has 6 heteroatoms. The maximum atomic E-state index is 12.8. The Bertz CT molecular complexity index is 311. The van der Waals surface area contributed by atoms with E-state index < -0.39 is 22.6 Å². The lowest BCUT2D eigenvalue weighted by atomic mass is 10.2. The van der Waals surface area contributed by atoms with Gasteiger partial charge in [0, 0.05) is 3.57 Å². The van der Waals surface area contributed by atoms with E-state index in [0.717, 1.165) is 12.1 Å². The number of hydrogen-bond acceptors (Lipinski definition) is 0. The van der Waals surface area contributed by atoms with Gasteiger partial charge in [-0.15, -0.1) is 0 Å². The van der Waals surface area contributed by atoms with Gasteiger partial charge in [0.25, 0.3) is 0 Å². The van der Waals surface area contributed by atoms with Crippen LogP contribution in [0.2, 0.25) is 5.02 Å². The summed E-state index contributed by atoms with van der Waals surface area (Å²) in [6, 6.07) is 1.85.